The van der Waals surface area contributed by atoms with Gasteiger partial charge in [0.2, 0.25) is 10.0 Å². The summed E-state index contributed by atoms with van der Waals surface area (Å²) in [5, 5.41) is 7.30. The molecule has 0 aliphatic carbocycles. The standard InChI is InChI=1S/C11H17N3O5S2/c1-20(16,17)10-6-8(5-9(12)7-10)11(15)14-3-2-4-21(13,18)19/h5-7H,2-4,12H2,1H3,(H,14,15)(H2,13,18,19). The maximum absolute atomic E-state index is 11.9. The van der Waals surface area contributed by atoms with Crippen LogP contribution in [0.4, 0.5) is 5.69 Å². The van der Waals surface area contributed by atoms with E-state index in [-0.39, 0.29) is 34.9 Å². The fourth-order valence-electron chi connectivity index (χ4n) is 1.54. The average Bonchev–Trinajstić information content (AvgIpc) is 2.31. The molecule has 0 spiro atoms. The molecular weight excluding hydrogens is 318 g/mol. The molecule has 118 valence electrons. The zero-order chi connectivity index (χ0) is 16.3. The lowest BCUT2D eigenvalue weighted by atomic mass is 10.2. The fourth-order valence-corrected chi connectivity index (χ4v) is 2.78. The van der Waals surface area contributed by atoms with Crippen molar-refractivity contribution < 1.29 is 21.6 Å². The van der Waals surface area contributed by atoms with E-state index in [1.165, 1.54) is 18.2 Å². The Labute approximate surface area is 123 Å². The summed E-state index contributed by atoms with van der Waals surface area (Å²) >= 11 is 0. The second-order valence-corrected chi connectivity index (χ2v) is 8.29. The van der Waals surface area contributed by atoms with Gasteiger partial charge in [0.25, 0.3) is 5.91 Å². The normalized spacial score (nSPS) is 12.1. The fraction of sp³-hybridized carbons (Fsp3) is 0.364. The molecule has 1 amide bonds. The molecule has 0 bridgehead atoms. The van der Waals surface area contributed by atoms with Crippen LogP contribution in [0.25, 0.3) is 0 Å². The highest BCUT2D eigenvalue weighted by atomic mass is 32.2. The molecule has 0 atom stereocenters. The Kier molecular flexibility index (Phi) is 5.31. The van der Waals surface area contributed by atoms with Gasteiger partial charge >= 0.3 is 0 Å². The lowest BCUT2D eigenvalue weighted by Gasteiger charge is -2.07. The number of anilines is 1. The van der Waals surface area contributed by atoms with Crippen molar-refractivity contribution in [1.82, 2.24) is 5.32 Å². The molecule has 8 nitrogen and oxygen atoms in total. The number of primary sulfonamides is 1. The quantitative estimate of drug-likeness (QED) is 0.452. The Morgan fingerprint density at radius 2 is 1.81 bits per heavy atom. The van der Waals surface area contributed by atoms with E-state index in [0.29, 0.717) is 0 Å². The molecule has 10 heteroatoms. The van der Waals surface area contributed by atoms with Crippen LogP contribution >= 0.6 is 0 Å². The number of carbonyl (C=O) groups excluding carboxylic acids is 1. The Hall–Kier alpha value is -1.65. The largest absolute Gasteiger partial charge is 0.399 e. The van der Waals surface area contributed by atoms with Gasteiger partial charge < -0.3 is 11.1 Å². The first-order valence-corrected chi connectivity index (χ1v) is 9.49. The van der Waals surface area contributed by atoms with E-state index in [1.807, 2.05) is 0 Å². The Balaban J connectivity index is 2.77. The van der Waals surface area contributed by atoms with Crippen LogP contribution in [0.15, 0.2) is 23.1 Å². The number of nitrogens with one attached hydrogen (secondary N) is 1. The number of benzene rings is 1. The van der Waals surface area contributed by atoms with E-state index in [9.17, 15) is 21.6 Å². The summed E-state index contributed by atoms with van der Waals surface area (Å²) in [5.41, 5.74) is 5.80. The predicted molar refractivity (Wildman–Crippen MR) is 78.9 cm³/mol. The van der Waals surface area contributed by atoms with E-state index < -0.39 is 25.8 Å². The number of rotatable bonds is 6. The molecule has 0 saturated heterocycles. The van der Waals surface area contributed by atoms with Crippen molar-refractivity contribution in [2.45, 2.75) is 11.3 Å². The maximum Gasteiger partial charge on any atom is 0.251 e. The number of nitrogens with two attached hydrogens (primary N) is 2. The van der Waals surface area contributed by atoms with Crippen molar-refractivity contribution in [2.24, 2.45) is 5.14 Å². The van der Waals surface area contributed by atoms with Crippen LogP contribution in [0.2, 0.25) is 0 Å². The van der Waals surface area contributed by atoms with Crippen LogP contribution < -0.4 is 16.2 Å². The minimum absolute atomic E-state index is 0.0582. The number of sulfonamides is 1. The Morgan fingerprint density at radius 3 is 2.33 bits per heavy atom. The molecule has 0 aromatic heterocycles. The third kappa shape index (κ3) is 6.10. The smallest absolute Gasteiger partial charge is 0.251 e. The molecule has 1 aromatic rings. The van der Waals surface area contributed by atoms with Crippen LogP contribution in [0.3, 0.4) is 0 Å². The average molecular weight is 335 g/mol. The molecule has 0 heterocycles. The van der Waals surface area contributed by atoms with E-state index >= 15 is 0 Å². The van der Waals surface area contributed by atoms with E-state index in [2.05, 4.69) is 5.32 Å². The van der Waals surface area contributed by atoms with Gasteiger partial charge in [-0.2, -0.15) is 0 Å². The van der Waals surface area contributed by atoms with Gasteiger partial charge in [-0.15, -0.1) is 0 Å². The second kappa shape index (κ2) is 6.41. The monoisotopic (exact) mass is 335 g/mol. The summed E-state index contributed by atoms with van der Waals surface area (Å²) in [4.78, 5) is 11.8. The molecule has 0 fully saturated rings. The molecule has 1 rings (SSSR count). The molecular formula is C11H17N3O5S2. The van der Waals surface area contributed by atoms with Gasteiger partial charge in [-0.05, 0) is 24.6 Å². The predicted octanol–water partition coefficient (Wildman–Crippen LogP) is -0.919. The van der Waals surface area contributed by atoms with Gasteiger partial charge in [0.05, 0.1) is 10.6 Å². The van der Waals surface area contributed by atoms with Gasteiger partial charge in [-0.1, -0.05) is 0 Å². The van der Waals surface area contributed by atoms with Crippen molar-refractivity contribution in [3.05, 3.63) is 23.8 Å². The van der Waals surface area contributed by atoms with E-state index in [1.54, 1.807) is 0 Å². The van der Waals surface area contributed by atoms with Crippen molar-refractivity contribution >= 4 is 31.5 Å². The van der Waals surface area contributed by atoms with Crippen molar-refractivity contribution in [3.8, 4) is 0 Å². The topological polar surface area (TPSA) is 149 Å². The second-order valence-electron chi connectivity index (χ2n) is 4.54. The summed E-state index contributed by atoms with van der Waals surface area (Å²) in [6.07, 6.45) is 1.17. The highest BCUT2D eigenvalue weighted by Crippen LogP contribution is 2.16. The first kappa shape index (κ1) is 17.4. The van der Waals surface area contributed by atoms with Crippen molar-refractivity contribution in [3.63, 3.8) is 0 Å². The molecule has 1 aromatic carbocycles. The third-order valence-electron chi connectivity index (χ3n) is 2.51. The Morgan fingerprint density at radius 1 is 1.19 bits per heavy atom. The molecule has 0 unspecified atom stereocenters. The molecule has 0 radical (unpaired) electrons. The zero-order valence-electron chi connectivity index (χ0n) is 11.4. The van der Waals surface area contributed by atoms with Crippen LogP contribution in [0, 0.1) is 0 Å². The van der Waals surface area contributed by atoms with Gasteiger partial charge in [0.1, 0.15) is 0 Å². The van der Waals surface area contributed by atoms with Crippen molar-refractivity contribution in [2.75, 3.05) is 24.3 Å². The van der Waals surface area contributed by atoms with Crippen molar-refractivity contribution in [1.29, 1.82) is 0 Å². The van der Waals surface area contributed by atoms with E-state index in [4.69, 9.17) is 10.9 Å². The summed E-state index contributed by atoms with van der Waals surface area (Å²) in [6.45, 7) is 0.0955. The molecule has 0 aliphatic rings. The molecule has 5 N–H and O–H groups in total. The van der Waals surface area contributed by atoms with Crippen LogP contribution in [0.1, 0.15) is 16.8 Å². The number of hydrogen-bond acceptors (Lipinski definition) is 6. The highest BCUT2D eigenvalue weighted by Gasteiger charge is 2.13. The lowest BCUT2D eigenvalue weighted by molar-refractivity contribution is 0.0953. The minimum atomic E-state index is -3.57. The first-order chi connectivity index (χ1) is 9.49. The van der Waals surface area contributed by atoms with Crippen LogP contribution in [-0.4, -0.2) is 41.3 Å². The number of sulfone groups is 1. The van der Waals surface area contributed by atoms with Gasteiger partial charge in [0.15, 0.2) is 9.84 Å². The zero-order valence-corrected chi connectivity index (χ0v) is 13.0. The van der Waals surface area contributed by atoms with Crippen LogP contribution in [-0.2, 0) is 19.9 Å². The highest BCUT2D eigenvalue weighted by molar-refractivity contribution is 7.90. The third-order valence-corrected chi connectivity index (χ3v) is 4.46. The molecule has 0 aliphatic heterocycles. The number of amides is 1. The summed E-state index contributed by atoms with van der Waals surface area (Å²) < 4.78 is 44.4. The van der Waals surface area contributed by atoms with Crippen LogP contribution in [0.5, 0.6) is 0 Å². The number of nitrogen functional groups attached to an aromatic ring is 1. The van der Waals surface area contributed by atoms with Gasteiger partial charge in [0, 0.05) is 24.1 Å². The first-order valence-electron chi connectivity index (χ1n) is 5.88. The minimum Gasteiger partial charge on any atom is -0.399 e. The number of carbonyl (C=O) groups is 1. The summed E-state index contributed by atoms with van der Waals surface area (Å²) in [5.74, 6) is -0.791. The summed E-state index contributed by atoms with van der Waals surface area (Å²) in [6, 6.07) is 3.80. The lowest BCUT2D eigenvalue weighted by Crippen LogP contribution is -2.27. The van der Waals surface area contributed by atoms with Gasteiger partial charge in [-0.3, -0.25) is 4.79 Å². The molecule has 21 heavy (non-hydrogen) atoms. The summed E-state index contributed by atoms with van der Waals surface area (Å²) in [7, 11) is -7.05. The van der Waals surface area contributed by atoms with E-state index in [0.717, 1.165) is 6.26 Å². The number of hydrogen-bond donors (Lipinski definition) is 3. The maximum atomic E-state index is 11.9. The molecule has 0 saturated carbocycles. The Bertz CT molecular complexity index is 741. The van der Waals surface area contributed by atoms with Gasteiger partial charge in [-0.25, -0.2) is 22.0 Å². The SMILES string of the molecule is CS(=O)(=O)c1cc(N)cc(C(=O)NCCCS(N)(=O)=O)c1.